The second kappa shape index (κ2) is 7.87. The fourth-order valence-electron chi connectivity index (χ4n) is 2.81. The van der Waals surface area contributed by atoms with E-state index in [0.29, 0.717) is 29.0 Å². The van der Waals surface area contributed by atoms with Crippen LogP contribution in [0.2, 0.25) is 0 Å². The highest BCUT2D eigenvalue weighted by Gasteiger charge is 2.27. The number of nitrogens with one attached hydrogen (secondary N) is 2. The van der Waals surface area contributed by atoms with Crippen LogP contribution in [0, 0.1) is 3.57 Å². The number of carbonyl (C=O) groups is 2. The van der Waals surface area contributed by atoms with Crippen LogP contribution in [-0.2, 0) is 11.3 Å². The van der Waals surface area contributed by atoms with Crippen molar-refractivity contribution in [1.82, 2.24) is 10.6 Å². The molecule has 3 rings (SSSR count). The number of methoxy groups -OCH3 is 2. The Hall–Kier alpha value is -2.75. The standard InChI is InChI=1S/C19H17IN2O5/c1-26-16-6-10(5-15(23)17(16)27-2)8-21-9-14-13-7-11(20)3-4-12(13)18(24)22-19(14)25/h3-7,9,21,23H,8H2,1-2H3,(H,22,24,25). The molecule has 8 heteroatoms. The molecule has 0 radical (unpaired) electrons. The molecular weight excluding hydrogens is 463 g/mol. The highest BCUT2D eigenvalue weighted by Crippen LogP contribution is 2.37. The van der Waals surface area contributed by atoms with Gasteiger partial charge >= 0.3 is 0 Å². The second-order valence-electron chi connectivity index (χ2n) is 5.76. The summed E-state index contributed by atoms with van der Waals surface area (Å²) >= 11 is 2.13. The van der Waals surface area contributed by atoms with Crippen molar-refractivity contribution in [2.24, 2.45) is 0 Å². The first-order valence-electron chi connectivity index (χ1n) is 7.97. The zero-order chi connectivity index (χ0) is 19.6. The van der Waals surface area contributed by atoms with Gasteiger partial charge in [-0.05, 0) is 58.5 Å². The fourth-order valence-corrected chi connectivity index (χ4v) is 3.30. The van der Waals surface area contributed by atoms with Gasteiger partial charge < -0.3 is 19.9 Å². The maximum absolute atomic E-state index is 12.2. The zero-order valence-electron chi connectivity index (χ0n) is 14.6. The van der Waals surface area contributed by atoms with Gasteiger partial charge in [0, 0.05) is 27.4 Å². The summed E-state index contributed by atoms with van der Waals surface area (Å²) in [5.74, 6) is -0.246. The number of aromatic hydroxyl groups is 1. The molecule has 1 aliphatic heterocycles. The molecule has 0 aromatic heterocycles. The van der Waals surface area contributed by atoms with E-state index in [1.165, 1.54) is 14.2 Å². The predicted molar refractivity (Wildman–Crippen MR) is 108 cm³/mol. The van der Waals surface area contributed by atoms with Crippen molar-refractivity contribution in [1.29, 1.82) is 0 Å². The minimum Gasteiger partial charge on any atom is -0.504 e. The molecule has 0 saturated carbocycles. The van der Waals surface area contributed by atoms with Crippen LogP contribution in [0.15, 0.2) is 36.5 Å². The van der Waals surface area contributed by atoms with E-state index in [-0.39, 0.29) is 11.5 Å². The SMILES string of the molecule is COc1cc(CNC=C2C(=O)NC(=O)c3ccc(I)cc32)cc(O)c1OC. The van der Waals surface area contributed by atoms with Gasteiger partial charge in [0.25, 0.3) is 11.8 Å². The molecule has 0 aliphatic carbocycles. The Bertz CT molecular complexity index is 955. The fraction of sp³-hybridized carbons (Fsp3) is 0.158. The van der Waals surface area contributed by atoms with Crippen LogP contribution >= 0.6 is 22.6 Å². The average Bonchev–Trinajstić information content (AvgIpc) is 2.63. The van der Waals surface area contributed by atoms with Crippen LogP contribution in [-0.4, -0.2) is 31.1 Å². The molecule has 27 heavy (non-hydrogen) atoms. The zero-order valence-corrected chi connectivity index (χ0v) is 16.8. The van der Waals surface area contributed by atoms with Crippen LogP contribution in [0.3, 0.4) is 0 Å². The third-order valence-corrected chi connectivity index (χ3v) is 4.73. The minimum atomic E-state index is -0.461. The lowest BCUT2D eigenvalue weighted by Crippen LogP contribution is -2.37. The maximum Gasteiger partial charge on any atom is 0.260 e. The van der Waals surface area contributed by atoms with E-state index in [0.717, 1.165) is 9.13 Å². The molecular formula is C19H17IN2O5. The summed E-state index contributed by atoms with van der Waals surface area (Å²) in [6, 6.07) is 8.58. The van der Waals surface area contributed by atoms with Crippen molar-refractivity contribution >= 4 is 40.0 Å². The molecule has 1 heterocycles. The quantitative estimate of drug-likeness (QED) is 0.346. The van der Waals surface area contributed by atoms with E-state index in [4.69, 9.17) is 9.47 Å². The molecule has 0 bridgehead atoms. The third kappa shape index (κ3) is 3.85. The van der Waals surface area contributed by atoms with Gasteiger partial charge in [-0.1, -0.05) is 0 Å². The lowest BCUT2D eigenvalue weighted by Gasteiger charge is -2.18. The molecule has 2 amide bonds. The Morgan fingerprint density at radius 2 is 1.89 bits per heavy atom. The summed E-state index contributed by atoms with van der Waals surface area (Å²) in [6.07, 6.45) is 1.56. The molecule has 0 unspecified atom stereocenters. The number of phenolic OH excluding ortho intramolecular Hbond substituents is 1. The number of imide groups is 1. The minimum absolute atomic E-state index is 0.0396. The van der Waals surface area contributed by atoms with Crippen molar-refractivity contribution in [3.05, 3.63) is 56.8 Å². The van der Waals surface area contributed by atoms with Gasteiger partial charge in [-0.3, -0.25) is 14.9 Å². The number of fused-ring (bicyclic) bond motifs is 1. The van der Waals surface area contributed by atoms with Crippen molar-refractivity contribution in [3.63, 3.8) is 0 Å². The molecule has 0 atom stereocenters. The van der Waals surface area contributed by atoms with E-state index < -0.39 is 11.8 Å². The maximum atomic E-state index is 12.2. The second-order valence-corrected chi connectivity index (χ2v) is 7.01. The number of ether oxygens (including phenoxy) is 2. The molecule has 0 saturated heterocycles. The summed E-state index contributed by atoms with van der Waals surface area (Å²) in [4.78, 5) is 24.2. The summed E-state index contributed by atoms with van der Waals surface area (Å²) in [5.41, 5.74) is 2.13. The van der Waals surface area contributed by atoms with Crippen molar-refractivity contribution in [3.8, 4) is 17.2 Å². The Morgan fingerprint density at radius 3 is 2.59 bits per heavy atom. The molecule has 7 nitrogen and oxygen atoms in total. The number of halogens is 1. The number of phenols is 1. The van der Waals surface area contributed by atoms with E-state index >= 15 is 0 Å². The lowest BCUT2D eigenvalue weighted by molar-refractivity contribution is -0.114. The molecule has 1 aliphatic rings. The van der Waals surface area contributed by atoms with Crippen LogP contribution in [0.25, 0.3) is 5.57 Å². The number of benzene rings is 2. The largest absolute Gasteiger partial charge is 0.504 e. The number of rotatable bonds is 5. The van der Waals surface area contributed by atoms with E-state index in [9.17, 15) is 14.7 Å². The van der Waals surface area contributed by atoms with Crippen molar-refractivity contribution < 1.29 is 24.2 Å². The monoisotopic (exact) mass is 480 g/mol. The average molecular weight is 480 g/mol. The van der Waals surface area contributed by atoms with Crippen LogP contribution in [0.4, 0.5) is 0 Å². The van der Waals surface area contributed by atoms with Gasteiger partial charge in [0.05, 0.1) is 19.8 Å². The molecule has 140 valence electrons. The molecule has 2 aromatic carbocycles. The van der Waals surface area contributed by atoms with Crippen molar-refractivity contribution in [2.75, 3.05) is 14.2 Å². The molecule has 0 fully saturated rings. The molecule has 0 spiro atoms. The first-order chi connectivity index (χ1) is 12.9. The predicted octanol–water partition coefficient (Wildman–Crippen LogP) is 2.41. The van der Waals surface area contributed by atoms with Crippen LogP contribution in [0.5, 0.6) is 17.2 Å². The van der Waals surface area contributed by atoms with E-state index in [2.05, 4.69) is 33.2 Å². The van der Waals surface area contributed by atoms with Gasteiger partial charge in [-0.25, -0.2) is 0 Å². The smallest absolute Gasteiger partial charge is 0.260 e. The van der Waals surface area contributed by atoms with Gasteiger partial charge in [-0.2, -0.15) is 0 Å². The Balaban J connectivity index is 1.86. The summed E-state index contributed by atoms with van der Waals surface area (Å²) in [6.45, 7) is 0.331. The van der Waals surface area contributed by atoms with E-state index in [1.807, 2.05) is 6.07 Å². The van der Waals surface area contributed by atoms with Gasteiger partial charge in [0.15, 0.2) is 11.5 Å². The number of hydrogen-bond acceptors (Lipinski definition) is 6. The highest BCUT2D eigenvalue weighted by molar-refractivity contribution is 14.1. The van der Waals surface area contributed by atoms with Crippen LogP contribution < -0.4 is 20.1 Å². The lowest BCUT2D eigenvalue weighted by atomic mass is 9.95. The summed E-state index contributed by atoms with van der Waals surface area (Å²) < 4.78 is 11.2. The summed E-state index contributed by atoms with van der Waals surface area (Å²) in [7, 11) is 2.93. The van der Waals surface area contributed by atoms with Gasteiger partial charge in [0.1, 0.15) is 0 Å². The Labute approximate surface area is 169 Å². The molecule has 2 aromatic rings. The van der Waals surface area contributed by atoms with Crippen molar-refractivity contribution in [2.45, 2.75) is 6.54 Å². The topological polar surface area (TPSA) is 96.9 Å². The first-order valence-corrected chi connectivity index (χ1v) is 9.05. The Morgan fingerprint density at radius 1 is 1.11 bits per heavy atom. The number of hydrogen-bond donors (Lipinski definition) is 3. The van der Waals surface area contributed by atoms with Gasteiger partial charge in [-0.15, -0.1) is 0 Å². The first kappa shape index (κ1) is 19.0. The van der Waals surface area contributed by atoms with E-state index in [1.54, 1.807) is 30.5 Å². The normalized spacial score (nSPS) is 14.6. The highest BCUT2D eigenvalue weighted by atomic mass is 127. The summed E-state index contributed by atoms with van der Waals surface area (Å²) in [5, 5.41) is 15.4. The van der Waals surface area contributed by atoms with Crippen LogP contribution in [0.1, 0.15) is 21.5 Å². The Kier molecular flexibility index (Phi) is 5.54. The number of amides is 2. The molecule has 3 N–H and O–H groups in total. The third-order valence-electron chi connectivity index (χ3n) is 4.06. The van der Waals surface area contributed by atoms with Gasteiger partial charge in [0.2, 0.25) is 5.75 Å². The number of carbonyl (C=O) groups excluding carboxylic acids is 2.